The van der Waals surface area contributed by atoms with Crippen LogP contribution >= 0.6 is 0 Å². The summed E-state index contributed by atoms with van der Waals surface area (Å²) in [4.78, 5) is 13.6. The fraction of sp³-hybridized carbons (Fsp3) is 0.562. The molecule has 1 fully saturated rings. The highest BCUT2D eigenvalue weighted by Crippen LogP contribution is 2.21. The van der Waals surface area contributed by atoms with Crippen LogP contribution in [-0.4, -0.2) is 29.9 Å². The molecule has 1 saturated heterocycles. The fourth-order valence-electron chi connectivity index (χ4n) is 2.97. The Morgan fingerprint density at radius 1 is 1.45 bits per heavy atom. The van der Waals surface area contributed by atoms with Crippen LogP contribution in [0.25, 0.3) is 0 Å². The van der Waals surface area contributed by atoms with Crippen molar-refractivity contribution in [2.75, 3.05) is 13.1 Å². The Balaban J connectivity index is 2.05. The van der Waals surface area contributed by atoms with Crippen molar-refractivity contribution >= 4 is 5.91 Å². The maximum absolute atomic E-state index is 11.2. The lowest BCUT2D eigenvalue weighted by Crippen LogP contribution is -2.46. The van der Waals surface area contributed by atoms with Crippen molar-refractivity contribution in [3.8, 4) is 0 Å². The topological polar surface area (TPSA) is 72.3 Å². The number of primary amides is 1. The molecule has 0 spiro atoms. The molecule has 0 radical (unpaired) electrons. The molecule has 110 valence electrons. The number of nitrogens with two attached hydrogens (primary N) is 2. The van der Waals surface area contributed by atoms with Gasteiger partial charge in [0.25, 0.3) is 0 Å². The van der Waals surface area contributed by atoms with E-state index in [0.29, 0.717) is 17.5 Å². The first-order chi connectivity index (χ1) is 9.51. The highest BCUT2D eigenvalue weighted by molar-refractivity contribution is 5.93. The summed E-state index contributed by atoms with van der Waals surface area (Å²) in [5.41, 5.74) is 14.4. The van der Waals surface area contributed by atoms with E-state index in [4.69, 9.17) is 11.5 Å². The van der Waals surface area contributed by atoms with Gasteiger partial charge in [0, 0.05) is 24.7 Å². The van der Waals surface area contributed by atoms with Gasteiger partial charge in [-0.15, -0.1) is 0 Å². The molecular formula is C16H25N3O. The van der Waals surface area contributed by atoms with E-state index >= 15 is 0 Å². The molecule has 1 aliphatic heterocycles. The predicted molar refractivity (Wildman–Crippen MR) is 81.3 cm³/mol. The maximum Gasteiger partial charge on any atom is 0.248 e. The number of carbonyl (C=O) groups is 1. The van der Waals surface area contributed by atoms with Crippen LogP contribution in [0.3, 0.4) is 0 Å². The second kappa shape index (κ2) is 6.37. The van der Waals surface area contributed by atoms with Gasteiger partial charge in [0.05, 0.1) is 0 Å². The van der Waals surface area contributed by atoms with E-state index < -0.39 is 0 Å². The van der Waals surface area contributed by atoms with Crippen LogP contribution in [0.5, 0.6) is 0 Å². The van der Waals surface area contributed by atoms with Gasteiger partial charge in [-0.2, -0.15) is 0 Å². The lowest BCUT2D eigenvalue weighted by molar-refractivity contribution is 0.1000. The minimum Gasteiger partial charge on any atom is -0.366 e. The summed E-state index contributed by atoms with van der Waals surface area (Å²) in [5.74, 6) is 0.226. The van der Waals surface area contributed by atoms with E-state index in [-0.39, 0.29) is 5.91 Å². The summed E-state index contributed by atoms with van der Waals surface area (Å²) in [6, 6.07) is 6.06. The van der Waals surface area contributed by atoms with Crippen molar-refractivity contribution in [1.29, 1.82) is 0 Å². The van der Waals surface area contributed by atoms with Crippen molar-refractivity contribution in [3.63, 3.8) is 0 Å². The van der Waals surface area contributed by atoms with E-state index in [9.17, 15) is 4.79 Å². The van der Waals surface area contributed by atoms with E-state index in [1.54, 1.807) is 0 Å². The molecule has 4 nitrogen and oxygen atoms in total. The molecule has 2 unspecified atom stereocenters. The van der Waals surface area contributed by atoms with Gasteiger partial charge in [-0.05, 0) is 49.1 Å². The largest absolute Gasteiger partial charge is 0.366 e. The summed E-state index contributed by atoms with van der Waals surface area (Å²) in [7, 11) is 0. The zero-order valence-corrected chi connectivity index (χ0v) is 12.4. The van der Waals surface area contributed by atoms with Crippen LogP contribution < -0.4 is 11.5 Å². The molecule has 2 rings (SSSR count). The number of piperidine rings is 1. The van der Waals surface area contributed by atoms with Gasteiger partial charge in [-0.1, -0.05) is 19.4 Å². The van der Waals surface area contributed by atoms with Crippen molar-refractivity contribution < 1.29 is 4.79 Å². The Labute approximate surface area is 121 Å². The molecular weight excluding hydrogens is 250 g/mol. The number of hydrogen-bond acceptors (Lipinski definition) is 3. The molecule has 1 aliphatic rings. The molecule has 0 saturated carbocycles. The molecule has 4 heteroatoms. The second-order valence-corrected chi connectivity index (χ2v) is 5.86. The third kappa shape index (κ3) is 3.38. The first kappa shape index (κ1) is 15.0. The number of carbonyl (C=O) groups excluding carboxylic acids is 1. The van der Waals surface area contributed by atoms with Crippen molar-refractivity contribution in [3.05, 3.63) is 34.9 Å². The van der Waals surface area contributed by atoms with E-state index in [2.05, 4.69) is 11.8 Å². The minimum absolute atomic E-state index is 0.342. The first-order valence-electron chi connectivity index (χ1n) is 7.38. The number of aryl methyl sites for hydroxylation is 1. The van der Waals surface area contributed by atoms with Gasteiger partial charge in [-0.3, -0.25) is 9.69 Å². The van der Waals surface area contributed by atoms with Crippen LogP contribution in [0.1, 0.15) is 41.3 Å². The van der Waals surface area contributed by atoms with Gasteiger partial charge in [0.15, 0.2) is 0 Å². The first-order valence-corrected chi connectivity index (χ1v) is 7.38. The normalized spacial score (nSPS) is 23.8. The molecule has 2 atom stereocenters. The third-order valence-electron chi connectivity index (χ3n) is 4.42. The Bertz CT molecular complexity index is 487. The second-order valence-electron chi connectivity index (χ2n) is 5.86. The smallest absolute Gasteiger partial charge is 0.248 e. The molecule has 20 heavy (non-hydrogen) atoms. The third-order valence-corrected chi connectivity index (χ3v) is 4.42. The van der Waals surface area contributed by atoms with Crippen LogP contribution in [0, 0.1) is 12.8 Å². The summed E-state index contributed by atoms with van der Waals surface area (Å²) in [6.45, 7) is 7.28. The standard InChI is InChI=1S/C16H25N3O/c1-3-12-9-19(7-6-15(12)17)10-14-5-4-13(16(18)20)8-11(14)2/h4-5,8,12,15H,3,6-7,9-10,17H2,1-2H3,(H2,18,20). The number of amides is 1. The number of rotatable bonds is 4. The SMILES string of the molecule is CCC1CN(Cc2ccc(C(N)=O)cc2C)CCC1N. The monoisotopic (exact) mass is 275 g/mol. The molecule has 4 N–H and O–H groups in total. The van der Waals surface area contributed by atoms with E-state index in [1.165, 1.54) is 5.56 Å². The Kier molecular flexibility index (Phi) is 4.78. The Morgan fingerprint density at radius 2 is 2.20 bits per heavy atom. The van der Waals surface area contributed by atoms with Crippen LogP contribution in [0.2, 0.25) is 0 Å². The molecule has 0 bridgehead atoms. The maximum atomic E-state index is 11.2. The highest BCUT2D eigenvalue weighted by atomic mass is 16.1. The van der Waals surface area contributed by atoms with Gasteiger partial charge in [-0.25, -0.2) is 0 Å². The van der Waals surface area contributed by atoms with Crippen LogP contribution in [-0.2, 0) is 6.54 Å². The average Bonchev–Trinajstić information content (AvgIpc) is 2.42. The van der Waals surface area contributed by atoms with Crippen molar-refractivity contribution in [2.24, 2.45) is 17.4 Å². The lowest BCUT2D eigenvalue weighted by Gasteiger charge is -2.36. The molecule has 1 amide bonds. The van der Waals surface area contributed by atoms with Gasteiger partial charge in [0.2, 0.25) is 5.91 Å². The Hall–Kier alpha value is -1.39. The molecule has 0 aromatic heterocycles. The fourth-order valence-corrected chi connectivity index (χ4v) is 2.97. The average molecular weight is 275 g/mol. The lowest BCUT2D eigenvalue weighted by atomic mass is 9.90. The summed E-state index contributed by atoms with van der Waals surface area (Å²) in [5, 5.41) is 0. The molecule has 1 heterocycles. The number of nitrogens with zero attached hydrogens (tertiary/aromatic N) is 1. The van der Waals surface area contributed by atoms with Crippen LogP contribution in [0.4, 0.5) is 0 Å². The van der Waals surface area contributed by atoms with Gasteiger partial charge < -0.3 is 11.5 Å². The van der Waals surface area contributed by atoms with Gasteiger partial charge >= 0.3 is 0 Å². The predicted octanol–water partition coefficient (Wildman–Crippen LogP) is 1.65. The minimum atomic E-state index is -0.366. The highest BCUT2D eigenvalue weighted by Gasteiger charge is 2.25. The molecule has 0 aliphatic carbocycles. The molecule has 1 aromatic rings. The van der Waals surface area contributed by atoms with Crippen LogP contribution in [0.15, 0.2) is 18.2 Å². The molecule has 1 aromatic carbocycles. The zero-order chi connectivity index (χ0) is 14.7. The summed E-state index contributed by atoms with van der Waals surface area (Å²) in [6.07, 6.45) is 2.20. The number of likely N-dealkylation sites (tertiary alicyclic amines) is 1. The number of benzene rings is 1. The Morgan fingerprint density at radius 3 is 2.80 bits per heavy atom. The van der Waals surface area contributed by atoms with Gasteiger partial charge in [0.1, 0.15) is 0 Å². The quantitative estimate of drug-likeness (QED) is 0.877. The zero-order valence-electron chi connectivity index (χ0n) is 12.4. The van der Waals surface area contributed by atoms with Crippen molar-refractivity contribution in [2.45, 2.75) is 39.3 Å². The number of hydrogen-bond donors (Lipinski definition) is 2. The summed E-state index contributed by atoms with van der Waals surface area (Å²) < 4.78 is 0. The van der Waals surface area contributed by atoms with Crippen molar-refractivity contribution in [1.82, 2.24) is 4.90 Å². The summed E-state index contributed by atoms with van der Waals surface area (Å²) >= 11 is 0. The van der Waals surface area contributed by atoms with E-state index in [1.807, 2.05) is 25.1 Å². The van der Waals surface area contributed by atoms with E-state index in [0.717, 1.165) is 38.0 Å².